The first-order valence-electron chi connectivity index (χ1n) is 4.73. The Balaban J connectivity index is 2.74. The molecule has 0 atom stereocenters. The summed E-state index contributed by atoms with van der Waals surface area (Å²) < 4.78 is 30.8. The SMILES string of the molecule is CC(C)(C)OC(=O)N1CCCNS1(=O)=O. The summed E-state index contributed by atoms with van der Waals surface area (Å²) in [7, 11) is -3.69. The predicted octanol–water partition coefficient (Wildman–Crippen LogP) is 0.462. The predicted molar refractivity (Wildman–Crippen MR) is 54.5 cm³/mol. The van der Waals surface area contributed by atoms with Gasteiger partial charge in [0, 0.05) is 13.1 Å². The highest BCUT2D eigenvalue weighted by Gasteiger charge is 2.33. The number of hydrogen-bond acceptors (Lipinski definition) is 4. The van der Waals surface area contributed by atoms with Crippen molar-refractivity contribution in [1.29, 1.82) is 0 Å². The highest BCUT2D eigenvalue weighted by Crippen LogP contribution is 2.14. The number of nitrogens with one attached hydrogen (secondary N) is 1. The molecule has 0 unspecified atom stereocenters. The number of carbonyl (C=O) groups excluding carboxylic acids is 1. The molecule has 0 spiro atoms. The maximum atomic E-state index is 11.5. The Morgan fingerprint density at radius 1 is 1.40 bits per heavy atom. The third-order valence-electron chi connectivity index (χ3n) is 1.71. The standard InChI is InChI=1S/C8H16N2O4S/c1-8(2,3)14-7(11)10-6-4-5-9-15(10,12)13/h9H,4-6H2,1-3H3. The third-order valence-corrected chi connectivity index (χ3v) is 3.19. The van der Waals surface area contributed by atoms with Crippen LogP contribution in [-0.2, 0) is 14.9 Å². The minimum Gasteiger partial charge on any atom is -0.443 e. The third kappa shape index (κ3) is 3.35. The van der Waals surface area contributed by atoms with Gasteiger partial charge in [-0.1, -0.05) is 0 Å². The van der Waals surface area contributed by atoms with Crippen molar-refractivity contribution < 1.29 is 17.9 Å². The van der Waals surface area contributed by atoms with Gasteiger partial charge in [-0.2, -0.15) is 17.4 Å². The lowest BCUT2D eigenvalue weighted by molar-refractivity contribution is 0.0381. The van der Waals surface area contributed by atoms with Gasteiger partial charge in [0.05, 0.1) is 0 Å². The normalized spacial score (nSPS) is 21.1. The number of amides is 1. The van der Waals surface area contributed by atoms with Crippen LogP contribution in [-0.4, -0.2) is 37.5 Å². The first-order valence-corrected chi connectivity index (χ1v) is 6.17. The Bertz CT molecular complexity index is 344. The first-order chi connectivity index (χ1) is 6.72. The molecule has 1 N–H and O–H groups in total. The summed E-state index contributed by atoms with van der Waals surface area (Å²) in [5, 5.41) is 0. The fraction of sp³-hybridized carbons (Fsp3) is 0.875. The van der Waals surface area contributed by atoms with Crippen molar-refractivity contribution in [2.45, 2.75) is 32.8 Å². The molecule has 0 aliphatic carbocycles. The van der Waals surface area contributed by atoms with E-state index in [9.17, 15) is 13.2 Å². The Hall–Kier alpha value is -0.820. The summed E-state index contributed by atoms with van der Waals surface area (Å²) >= 11 is 0. The van der Waals surface area contributed by atoms with E-state index in [1.807, 2.05) is 0 Å². The highest BCUT2D eigenvalue weighted by molar-refractivity contribution is 7.87. The van der Waals surface area contributed by atoms with E-state index >= 15 is 0 Å². The van der Waals surface area contributed by atoms with Crippen LogP contribution in [0.25, 0.3) is 0 Å². The number of nitrogens with zero attached hydrogens (tertiary/aromatic N) is 1. The van der Waals surface area contributed by atoms with Gasteiger partial charge in [-0.15, -0.1) is 0 Å². The van der Waals surface area contributed by atoms with Crippen LogP contribution in [0.2, 0.25) is 0 Å². The van der Waals surface area contributed by atoms with Gasteiger partial charge in [0.2, 0.25) is 0 Å². The second kappa shape index (κ2) is 3.97. The van der Waals surface area contributed by atoms with Gasteiger partial charge < -0.3 is 4.74 Å². The van der Waals surface area contributed by atoms with E-state index in [1.165, 1.54) is 0 Å². The quantitative estimate of drug-likeness (QED) is 0.663. The van der Waals surface area contributed by atoms with E-state index in [0.717, 1.165) is 4.31 Å². The Morgan fingerprint density at radius 3 is 2.47 bits per heavy atom. The maximum absolute atomic E-state index is 11.5. The molecule has 0 aromatic heterocycles. The fourth-order valence-electron chi connectivity index (χ4n) is 1.12. The van der Waals surface area contributed by atoms with E-state index < -0.39 is 21.9 Å². The molecular formula is C8H16N2O4S. The summed E-state index contributed by atoms with van der Waals surface area (Å²) in [4.78, 5) is 11.5. The molecule has 0 bridgehead atoms. The van der Waals surface area contributed by atoms with Crippen molar-refractivity contribution in [1.82, 2.24) is 9.03 Å². The molecule has 0 aromatic rings. The monoisotopic (exact) mass is 236 g/mol. The number of rotatable bonds is 0. The minimum atomic E-state index is -3.69. The maximum Gasteiger partial charge on any atom is 0.425 e. The van der Waals surface area contributed by atoms with Crippen LogP contribution in [0.3, 0.4) is 0 Å². The largest absolute Gasteiger partial charge is 0.443 e. The number of hydrogen-bond donors (Lipinski definition) is 1. The average molecular weight is 236 g/mol. The van der Waals surface area contributed by atoms with E-state index in [4.69, 9.17) is 4.74 Å². The van der Waals surface area contributed by atoms with Gasteiger partial charge in [-0.25, -0.2) is 4.79 Å². The van der Waals surface area contributed by atoms with Gasteiger partial charge in [-0.05, 0) is 27.2 Å². The molecule has 1 fully saturated rings. The van der Waals surface area contributed by atoms with Crippen LogP contribution in [0.4, 0.5) is 4.79 Å². The molecule has 15 heavy (non-hydrogen) atoms. The molecule has 7 heteroatoms. The summed E-state index contributed by atoms with van der Waals surface area (Å²) in [5.41, 5.74) is -0.690. The van der Waals surface area contributed by atoms with Crippen LogP contribution in [0, 0.1) is 0 Å². The molecule has 6 nitrogen and oxygen atoms in total. The topological polar surface area (TPSA) is 75.7 Å². The minimum absolute atomic E-state index is 0.171. The van der Waals surface area contributed by atoms with E-state index in [1.54, 1.807) is 20.8 Å². The van der Waals surface area contributed by atoms with Gasteiger partial charge in [-0.3, -0.25) is 0 Å². The van der Waals surface area contributed by atoms with Gasteiger partial charge >= 0.3 is 16.3 Å². The average Bonchev–Trinajstić information content (AvgIpc) is 1.99. The number of carbonyl (C=O) groups is 1. The molecule has 88 valence electrons. The van der Waals surface area contributed by atoms with Gasteiger partial charge in [0.15, 0.2) is 0 Å². The second-order valence-corrected chi connectivity index (χ2v) is 5.98. The Morgan fingerprint density at radius 2 is 2.00 bits per heavy atom. The van der Waals surface area contributed by atoms with Crippen molar-refractivity contribution in [2.75, 3.05) is 13.1 Å². The summed E-state index contributed by atoms with van der Waals surface area (Å²) in [6.45, 7) is 5.60. The molecule has 0 saturated carbocycles. The van der Waals surface area contributed by atoms with Crippen LogP contribution >= 0.6 is 0 Å². The van der Waals surface area contributed by atoms with Gasteiger partial charge in [0.1, 0.15) is 5.60 Å². The highest BCUT2D eigenvalue weighted by atomic mass is 32.2. The Kier molecular flexibility index (Phi) is 3.25. The lowest BCUT2D eigenvalue weighted by Gasteiger charge is -2.29. The van der Waals surface area contributed by atoms with Crippen molar-refractivity contribution in [3.05, 3.63) is 0 Å². The Labute approximate surface area is 89.8 Å². The van der Waals surface area contributed by atoms with E-state index in [0.29, 0.717) is 13.0 Å². The van der Waals surface area contributed by atoms with Gasteiger partial charge in [0.25, 0.3) is 0 Å². The van der Waals surface area contributed by atoms with Crippen molar-refractivity contribution >= 4 is 16.3 Å². The molecule has 1 aliphatic heterocycles. The fourth-order valence-corrected chi connectivity index (χ4v) is 2.29. The smallest absolute Gasteiger partial charge is 0.425 e. The van der Waals surface area contributed by atoms with E-state index in [2.05, 4.69) is 4.72 Å². The van der Waals surface area contributed by atoms with Crippen molar-refractivity contribution in [3.63, 3.8) is 0 Å². The molecule has 1 rings (SSSR count). The van der Waals surface area contributed by atoms with Crippen LogP contribution in [0.1, 0.15) is 27.2 Å². The zero-order valence-corrected chi connectivity index (χ0v) is 9.93. The molecule has 1 saturated heterocycles. The lowest BCUT2D eigenvalue weighted by atomic mass is 10.2. The summed E-state index contributed by atoms with van der Waals surface area (Å²) in [6, 6.07) is 0. The second-order valence-electron chi connectivity index (χ2n) is 4.31. The van der Waals surface area contributed by atoms with Crippen LogP contribution in [0.15, 0.2) is 0 Å². The lowest BCUT2D eigenvalue weighted by Crippen LogP contribution is -2.51. The van der Waals surface area contributed by atoms with Crippen LogP contribution < -0.4 is 4.72 Å². The first kappa shape index (κ1) is 12.3. The molecule has 1 aliphatic rings. The van der Waals surface area contributed by atoms with Crippen molar-refractivity contribution in [2.24, 2.45) is 0 Å². The molecule has 0 aromatic carbocycles. The molecule has 1 amide bonds. The molecule has 1 heterocycles. The van der Waals surface area contributed by atoms with Crippen molar-refractivity contribution in [3.8, 4) is 0 Å². The molecule has 0 radical (unpaired) electrons. The van der Waals surface area contributed by atoms with E-state index in [-0.39, 0.29) is 6.54 Å². The summed E-state index contributed by atoms with van der Waals surface area (Å²) in [5.74, 6) is 0. The summed E-state index contributed by atoms with van der Waals surface area (Å²) in [6.07, 6.45) is -0.229. The number of ether oxygens (including phenoxy) is 1. The molecular weight excluding hydrogens is 220 g/mol. The zero-order valence-electron chi connectivity index (χ0n) is 9.11. The zero-order chi connectivity index (χ0) is 11.7. The van der Waals surface area contributed by atoms with Crippen LogP contribution in [0.5, 0.6) is 0 Å².